The van der Waals surface area contributed by atoms with E-state index in [9.17, 15) is 28.8 Å². The third-order valence-corrected chi connectivity index (χ3v) is 9.84. The first-order valence-corrected chi connectivity index (χ1v) is 15.5. The number of fused-ring (bicyclic) bond motifs is 1. The van der Waals surface area contributed by atoms with Gasteiger partial charge in [-0.3, -0.25) is 24.0 Å². The Morgan fingerprint density at radius 2 is 1.50 bits per heavy atom. The molecule has 4 rings (SSSR count). The number of carbonyl (C=O) groups is 6. The van der Waals surface area contributed by atoms with Crippen LogP contribution in [0.4, 0.5) is 0 Å². The highest BCUT2D eigenvalue weighted by Gasteiger charge is 2.87. The Kier molecular flexibility index (Phi) is 9.78. The molecule has 1 saturated carbocycles. The minimum absolute atomic E-state index is 0.0241. The standard InChI is InChI=1S/C33H44O13/c1-10-11-12-26(38)44-22-15-24(41-19(5)35)31(8)27(17(22)3)29(43-21(7)37)33-25(45-30(39)32(33,9)46-33)14-16(2)13-23(40-18(4)34)28(31)42-20(6)36/h10,14,17,22-25,27-29H,1,11-13,15H2,2-9H3. The number of ether oxygens (including phenoxy) is 7. The first-order valence-electron chi connectivity index (χ1n) is 15.5. The fourth-order valence-electron chi connectivity index (χ4n) is 7.91. The van der Waals surface area contributed by atoms with Gasteiger partial charge in [0, 0.05) is 58.8 Å². The lowest BCUT2D eigenvalue weighted by Crippen LogP contribution is -2.68. The summed E-state index contributed by atoms with van der Waals surface area (Å²) < 4.78 is 41.9. The van der Waals surface area contributed by atoms with Crippen molar-refractivity contribution < 1.29 is 61.9 Å². The second kappa shape index (κ2) is 12.8. The van der Waals surface area contributed by atoms with Crippen LogP contribution in [0.3, 0.4) is 0 Å². The minimum Gasteiger partial charge on any atom is -0.462 e. The van der Waals surface area contributed by atoms with Crippen molar-refractivity contribution in [3.63, 3.8) is 0 Å². The fraction of sp³-hybridized carbons (Fsp3) is 0.697. The van der Waals surface area contributed by atoms with Crippen LogP contribution >= 0.6 is 0 Å². The molecule has 0 bridgehead atoms. The van der Waals surface area contributed by atoms with Crippen molar-refractivity contribution in [3.8, 4) is 0 Å². The van der Waals surface area contributed by atoms with Crippen molar-refractivity contribution in [2.24, 2.45) is 17.3 Å². The number of carbonyl (C=O) groups excluding carboxylic acids is 6. The Balaban J connectivity index is 2.05. The normalized spacial score (nSPS) is 39.5. The van der Waals surface area contributed by atoms with E-state index in [1.54, 1.807) is 39.8 Å². The van der Waals surface area contributed by atoms with Gasteiger partial charge in [-0.15, -0.1) is 6.58 Å². The number of rotatable bonds is 8. The Labute approximate surface area is 268 Å². The van der Waals surface area contributed by atoms with Gasteiger partial charge in [0.25, 0.3) is 0 Å². The fourth-order valence-corrected chi connectivity index (χ4v) is 7.91. The van der Waals surface area contributed by atoms with Gasteiger partial charge in [-0.2, -0.15) is 0 Å². The lowest BCUT2D eigenvalue weighted by atomic mass is 9.52. The number of hydrogen-bond donors (Lipinski definition) is 0. The molecular formula is C33H44O13. The summed E-state index contributed by atoms with van der Waals surface area (Å²) in [5.41, 5.74) is -3.95. The molecule has 11 unspecified atom stereocenters. The average molecular weight is 649 g/mol. The lowest BCUT2D eigenvalue weighted by Gasteiger charge is -2.57. The van der Waals surface area contributed by atoms with Crippen LogP contribution in [-0.2, 0) is 61.9 Å². The molecule has 13 nitrogen and oxygen atoms in total. The molecule has 0 aromatic heterocycles. The summed E-state index contributed by atoms with van der Waals surface area (Å²) in [4.78, 5) is 77.1. The lowest BCUT2D eigenvalue weighted by molar-refractivity contribution is -0.247. The van der Waals surface area contributed by atoms with Gasteiger partial charge in [-0.05, 0) is 26.3 Å². The van der Waals surface area contributed by atoms with Crippen LogP contribution in [0.5, 0.6) is 0 Å². The summed E-state index contributed by atoms with van der Waals surface area (Å²) in [5, 5.41) is 0. The molecule has 3 fully saturated rings. The monoisotopic (exact) mass is 648 g/mol. The van der Waals surface area contributed by atoms with Gasteiger partial charge >= 0.3 is 35.8 Å². The van der Waals surface area contributed by atoms with E-state index in [0.29, 0.717) is 12.0 Å². The molecule has 2 aliphatic heterocycles. The first kappa shape index (κ1) is 35.1. The number of allylic oxidation sites excluding steroid dienone is 1. The van der Waals surface area contributed by atoms with E-state index in [1.807, 2.05) is 0 Å². The Bertz CT molecular complexity index is 1340. The maximum atomic E-state index is 13.3. The molecule has 0 N–H and O–H groups in total. The first-order chi connectivity index (χ1) is 21.4. The predicted molar refractivity (Wildman–Crippen MR) is 157 cm³/mol. The Morgan fingerprint density at radius 3 is 2.04 bits per heavy atom. The van der Waals surface area contributed by atoms with Crippen LogP contribution in [-0.4, -0.2) is 83.6 Å². The molecule has 0 aromatic rings. The van der Waals surface area contributed by atoms with Crippen LogP contribution in [0.2, 0.25) is 0 Å². The number of hydrogen-bond acceptors (Lipinski definition) is 13. The van der Waals surface area contributed by atoms with Crippen molar-refractivity contribution in [2.45, 2.75) is 129 Å². The van der Waals surface area contributed by atoms with Gasteiger partial charge in [-0.25, -0.2) is 4.79 Å². The van der Waals surface area contributed by atoms with Gasteiger partial charge < -0.3 is 33.2 Å². The van der Waals surface area contributed by atoms with Gasteiger partial charge in [0.15, 0.2) is 17.3 Å². The van der Waals surface area contributed by atoms with Crippen molar-refractivity contribution in [3.05, 3.63) is 24.3 Å². The summed E-state index contributed by atoms with van der Waals surface area (Å²) in [7, 11) is 0. The second-order valence-corrected chi connectivity index (χ2v) is 13.1. The van der Waals surface area contributed by atoms with Crippen molar-refractivity contribution in [1.82, 2.24) is 0 Å². The summed E-state index contributed by atoms with van der Waals surface area (Å²) >= 11 is 0. The SMILES string of the molecule is C=CCCC(=O)OC1CC(OC(C)=O)C2(C)C(OC(C)=O)C(OC(C)=O)CC(C)=CC3OC(=O)C4(C)OC34C(OC(C)=O)C2C1C. The van der Waals surface area contributed by atoms with E-state index in [-0.39, 0.29) is 19.3 Å². The van der Waals surface area contributed by atoms with Gasteiger partial charge in [0.1, 0.15) is 30.5 Å². The summed E-state index contributed by atoms with van der Waals surface area (Å²) in [6, 6.07) is 0. The number of esters is 6. The van der Waals surface area contributed by atoms with Gasteiger partial charge in [-0.1, -0.05) is 25.5 Å². The largest absolute Gasteiger partial charge is 0.462 e. The highest BCUT2D eigenvalue weighted by Crippen LogP contribution is 2.66. The number of epoxide rings is 1. The molecule has 0 amide bonds. The zero-order chi connectivity index (χ0) is 34.4. The maximum Gasteiger partial charge on any atom is 0.342 e. The minimum atomic E-state index is -1.54. The van der Waals surface area contributed by atoms with Crippen molar-refractivity contribution >= 4 is 35.8 Å². The molecule has 1 spiro atoms. The molecule has 0 aromatic carbocycles. The van der Waals surface area contributed by atoms with E-state index in [4.69, 9.17) is 33.2 Å². The zero-order valence-electron chi connectivity index (χ0n) is 27.6. The third-order valence-electron chi connectivity index (χ3n) is 9.84. The maximum absolute atomic E-state index is 13.3. The molecule has 46 heavy (non-hydrogen) atoms. The van der Waals surface area contributed by atoms with Crippen LogP contribution in [0.1, 0.15) is 81.1 Å². The second-order valence-electron chi connectivity index (χ2n) is 13.1. The van der Waals surface area contributed by atoms with E-state index < -0.39 is 101 Å². The topological polar surface area (TPSA) is 170 Å². The molecule has 0 radical (unpaired) electrons. The Morgan fingerprint density at radius 1 is 0.913 bits per heavy atom. The van der Waals surface area contributed by atoms with Gasteiger partial charge in [0.05, 0.1) is 5.41 Å². The van der Waals surface area contributed by atoms with Crippen LogP contribution in [0, 0.1) is 17.3 Å². The van der Waals surface area contributed by atoms with E-state index in [1.165, 1.54) is 27.7 Å². The van der Waals surface area contributed by atoms with E-state index >= 15 is 0 Å². The molecule has 11 atom stereocenters. The zero-order valence-corrected chi connectivity index (χ0v) is 27.6. The van der Waals surface area contributed by atoms with Crippen LogP contribution in [0.25, 0.3) is 0 Å². The van der Waals surface area contributed by atoms with Crippen molar-refractivity contribution in [1.29, 1.82) is 0 Å². The molecule has 2 heterocycles. The molecular weight excluding hydrogens is 604 g/mol. The average Bonchev–Trinajstić information content (AvgIpc) is 3.52. The molecule has 13 heteroatoms. The molecule has 2 saturated heterocycles. The Hall–Kier alpha value is -3.74. The predicted octanol–water partition coefficient (Wildman–Crippen LogP) is 3.06. The smallest absolute Gasteiger partial charge is 0.342 e. The quantitative estimate of drug-likeness (QED) is 0.163. The van der Waals surface area contributed by atoms with Crippen LogP contribution < -0.4 is 0 Å². The molecule has 2 aliphatic carbocycles. The molecule has 4 aliphatic rings. The third kappa shape index (κ3) is 6.05. The highest BCUT2D eigenvalue weighted by atomic mass is 16.7. The summed E-state index contributed by atoms with van der Waals surface area (Å²) in [5.74, 6) is -5.64. The van der Waals surface area contributed by atoms with Crippen molar-refractivity contribution in [2.75, 3.05) is 0 Å². The summed E-state index contributed by atoms with van der Waals surface area (Å²) in [6.07, 6.45) is -3.07. The van der Waals surface area contributed by atoms with Gasteiger partial charge in [0.2, 0.25) is 0 Å². The van der Waals surface area contributed by atoms with Crippen LogP contribution in [0.15, 0.2) is 24.3 Å². The van der Waals surface area contributed by atoms with E-state index in [0.717, 1.165) is 0 Å². The van der Waals surface area contributed by atoms with E-state index in [2.05, 4.69) is 6.58 Å². The summed E-state index contributed by atoms with van der Waals surface area (Å²) in [6.45, 7) is 15.2. The molecule has 254 valence electrons. The highest BCUT2D eigenvalue weighted by molar-refractivity contribution is 5.89.